The lowest BCUT2D eigenvalue weighted by Gasteiger charge is -2.43. The second-order valence-electron chi connectivity index (χ2n) is 8.08. The molecule has 5 aromatic rings. The summed E-state index contributed by atoms with van der Waals surface area (Å²) in [6.45, 7) is 0. The third kappa shape index (κ3) is 1.72. The molecule has 0 spiro atoms. The van der Waals surface area contributed by atoms with Crippen LogP contribution in [0.5, 0.6) is 0 Å². The summed E-state index contributed by atoms with van der Waals surface area (Å²) in [5, 5.41) is 12.6. The monoisotopic (exact) mass is 368 g/mol. The van der Waals surface area contributed by atoms with E-state index in [1.165, 1.54) is 44.2 Å². The Morgan fingerprint density at radius 3 is 1.83 bits per heavy atom. The number of fused-ring (bicyclic) bond motifs is 3. The van der Waals surface area contributed by atoms with Gasteiger partial charge in [0, 0.05) is 33.6 Å². The van der Waals surface area contributed by atoms with Crippen molar-refractivity contribution < 1.29 is 0 Å². The highest BCUT2D eigenvalue weighted by molar-refractivity contribution is 6.11. The maximum absolute atomic E-state index is 10.1. The van der Waals surface area contributed by atoms with Crippen LogP contribution in [0.2, 0.25) is 0 Å². The van der Waals surface area contributed by atoms with Gasteiger partial charge in [0.15, 0.2) is 0 Å². The van der Waals surface area contributed by atoms with Crippen LogP contribution < -0.4 is 0 Å². The van der Waals surface area contributed by atoms with Crippen LogP contribution in [0.25, 0.3) is 21.8 Å². The van der Waals surface area contributed by atoms with Crippen LogP contribution in [0.1, 0.15) is 50.8 Å². The van der Waals surface area contributed by atoms with Gasteiger partial charge in [-0.15, -0.1) is 0 Å². The van der Waals surface area contributed by atoms with Crippen molar-refractivity contribution in [2.45, 2.75) is 11.8 Å². The first-order valence-electron chi connectivity index (χ1n) is 10.0. The van der Waals surface area contributed by atoms with Gasteiger partial charge in [0.1, 0.15) is 0 Å². The molecule has 0 aliphatic heterocycles. The molecule has 1 N–H and O–H groups in total. The van der Waals surface area contributed by atoms with E-state index in [-0.39, 0.29) is 11.8 Å². The molecule has 0 radical (unpaired) electrons. The van der Waals surface area contributed by atoms with Crippen LogP contribution in [0.3, 0.4) is 0 Å². The zero-order valence-electron chi connectivity index (χ0n) is 15.6. The summed E-state index contributed by atoms with van der Waals surface area (Å²) in [7, 11) is 0. The van der Waals surface area contributed by atoms with Crippen molar-refractivity contribution in [1.29, 1.82) is 5.26 Å². The van der Waals surface area contributed by atoms with E-state index in [9.17, 15) is 5.26 Å². The van der Waals surface area contributed by atoms with Crippen molar-refractivity contribution in [2.75, 3.05) is 0 Å². The highest BCUT2D eigenvalue weighted by atomic mass is 14.7. The van der Waals surface area contributed by atoms with Gasteiger partial charge in [-0.1, -0.05) is 66.7 Å². The number of hydrogen-bond donors (Lipinski definition) is 1. The molecule has 0 unspecified atom stereocenters. The number of aromatic amines is 1. The van der Waals surface area contributed by atoms with E-state index in [1.54, 1.807) is 0 Å². The molecule has 2 heteroatoms. The van der Waals surface area contributed by atoms with Gasteiger partial charge in [-0.3, -0.25) is 0 Å². The summed E-state index contributed by atoms with van der Waals surface area (Å²) in [6.07, 6.45) is 0. The van der Waals surface area contributed by atoms with Crippen molar-refractivity contribution in [1.82, 2.24) is 4.98 Å². The van der Waals surface area contributed by atoms with Crippen LogP contribution in [0.15, 0.2) is 78.9 Å². The number of aromatic nitrogens is 1. The van der Waals surface area contributed by atoms with Gasteiger partial charge in [-0.05, 0) is 45.5 Å². The fourth-order valence-corrected chi connectivity index (χ4v) is 5.80. The number of H-pyrrole nitrogens is 1. The minimum Gasteiger partial charge on any atom is -0.354 e. The quantitative estimate of drug-likeness (QED) is 0.341. The van der Waals surface area contributed by atoms with E-state index in [2.05, 4.69) is 89.9 Å². The maximum Gasteiger partial charge on any atom is 0.0995 e. The molecular formula is C27H16N2. The Hall–Kier alpha value is -3.83. The first-order valence-corrected chi connectivity index (χ1v) is 10.0. The fourth-order valence-electron chi connectivity index (χ4n) is 5.80. The lowest BCUT2D eigenvalue weighted by molar-refractivity contribution is 0.759. The van der Waals surface area contributed by atoms with Gasteiger partial charge < -0.3 is 4.98 Å². The minimum atomic E-state index is 0.120. The molecule has 4 aromatic carbocycles. The van der Waals surface area contributed by atoms with E-state index in [4.69, 9.17) is 0 Å². The molecule has 1 aromatic heterocycles. The molecule has 0 fully saturated rings. The molecule has 0 saturated carbocycles. The largest absolute Gasteiger partial charge is 0.354 e. The molecule has 134 valence electrons. The second-order valence-corrected chi connectivity index (χ2v) is 8.08. The Morgan fingerprint density at radius 1 is 0.655 bits per heavy atom. The van der Waals surface area contributed by atoms with E-state index >= 15 is 0 Å². The molecule has 3 aliphatic carbocycles. The molecule has 29 heavy (non-hydrogen) atoms. The summed E-state index contributed by atoms with van der Waals surface area (Å²) < 4.78 is 0. The predicted octanol–water partition coefficient (Wildman–Crippen LogP) is 6.18. The highest BCUT2D eigenvalue weighted by Crippen LogP contribution is 2.58. The number of para-hydroxylation sites is 1. The molecule has 8 rings (SSSR count). The third-order valence-corrected chi connectivity index (χ3v) is 6.81. The van der Waals surface area contributed by atoms with Crippen LogP contribution in [0.4, 0.5) is 0 Å². The smallest absolute Gasteiger partial charge is 0.0995 e. The van der Waals surface area contributed by atoms with E-state index < -0.39 is 0 Å². The standard InChI is InChI=1S/C27H16N2/c28-14-15-13-22-26(20-11-5-6-12-21(20)29-22)27-23(15)24-16-7-1-3-9-18(16)25(27)19-10-4-2-8-17(19)24/h1-13,24-25,29H. The lowest BCUT2D eigenvalue weighted by atomic mass is 9.59. The van der Waals surface area contributed by atoms with Crippen LogP contribution in [-0.4, -0.2) is 4.98 Å². The van der Waals surface area contributed by atoms with E-state index in [0.29, 0.717) is 0 Å². The Labute approximate surface area is 168 Å². The summed E-state index contributed by atoms with van der Waals surface area (Å²) in [4.78, 5) is 3.56. The third-order valence-electron chi connectivity index (χ3n) is 6.81. The molecular weight excluding hydrogens is 352 g/mol. The molecule has 0 amide bonds. The van der Waals surface area contributed by atoms with Crippen molar-refractivity contribution in [3.63, 3.8) is 0 Å². The molecule has 1 heterocycles. The van der Waals surface area contributed by atoms with Crippen molar-refractivity contribution in [3.05, 3.63) is 118 Å². The van der Waals surface area contributed by atoms with Crippen LogP contribution in [0, 0.1) is 11.3 Å². The first kappa shape index (κ1) is 15.1. The Morgan fingerprint density at radius 2 is 1.21 bits per heavy atom. The molecule has 3 aliphatic rings. The van der Waals surface area contributed by atoms with Gasteiger partial charge in [0.2, 0.25) is 0 Å². The SMILES string of the molecule is N#Cc1cc2[nH]c3ccccc3c2c2c1C1c3ccccc3C2c2ccccc21. The predicted molar refractivity (Wildman–Crippen MR) is 115 cm³/mol. The summed E-state index contributed by atoms with van der Waals surface area (Å²) >= 11 is 0. The molecule has 2 nitrogen and oxygen atoms in total. The van der Waals surface area contributed by atoms with Crippen LogP contribution >= 0.6 is 0 Å². The summed E-state index contributed by atoms with van der Waals surface area (Å²) in [5.74, 6) is 0.285. The number of benzene rings is 4. The van der Waals surface area contributed by atoms with Gasteiger partial charge >= 0.3 is 0 Å². The highest BCUT2D eigenvalue weighted by Gasteiger charge is 2.43. The lowest BCUT2D eigenvalue weighted by Crippen LogP contribution is -2.28. The van der Waals surface area contributed by atoms with Crippen LogP contribution in [-0.2, 0) is 0 Å². The fraction of sp³-hybridized carbons (Fsp3) is 0.0741. The van der Waals surface area contributed by atoms with Crippen molar-refractivity contribution in [2.24, 2.45) is 0 Å². The van der Waals surface area contributed by atoms with E-state index in [0.717, 1.165) is 16.6 Å². The number of nitrogens with zero attached hydrogens (tertiary/aromatic N) is 1. The number of nitrogens with one attached hydrogen (secondary N) is 1. The molecule has 0 saturated heterocycles. The minimum absolute atomic E-state index is 0.120. The topological polar surface area (TPSA) is 39.6 Å². The van der Waals surface area contributed by atoms with E-state index in [1.807, 2.05) is 0 Å². The number of hydrogen-bond acceptors (Lipinski definition) is 1. The maximum atomic E-state index is 10.1. The first-order chi connectivity index (χ1) is 14.4. The van der Waals surface area contributed by atoms with Gasteiger partial charge in [-0.25, -0.2) is 0 Å². The average molecular weight is 368 g/mol. The van der Waals surface area contributed by atoms with Crippen molar-refractivity contribution >= 4 is 21.8 Å². The normalized spacial score (nSPS) is 18.3. The zero-order valence-corrected chi connectivity index (χ0v) is 15.6. The molecule has 0 atom stereocenters. The Kier molecular flexibility index (Phi) is 2.69. The molecule has 2 bridgehead atoms. The summed E-state index contributed by atoms with van der Waals surface area (Å²) in [5.41, 5.74) is 10.9. The van der Waals surface area contributed by atoms with Gasteiger partial charge in [0.25, 0.3) is 0 Å². The summed E-state index contributed by atoms with van der Waals surface area (Å²) in [6, 6.07) is 30.6. The Bertz CT molecular complexity index is 1480. The zero-order chi connectivity index (χ0) is 19.1. The number of rotatable bonds is 0. The van der Waals surface area contributed by atoms with Gasteiger partial charge in [0.05, 0.1) is 11.6 Å². The van der Waals surface area contributed by atoms with Gasteiger partial charge in [-0.2, -0.15) is 5.26 Å². The number of nitriles is 1. The van der Waals surface area contributed by atoms with Crippen molar-refractivity contribution in [3.8, 4) is 6.07 Å². The Balaban J connectivity index is 1.74. The second kappa shape index (κ2) is 5.16. The average Bonchev–Trinajstić information content (AvgIpc) is 3.16.